The molecule has 0 radical (unpaired) electrons. The van der Waals surface area contributed by atoms with Crippen molar-refractivity contribution in [2.75, 3.05) is 40.5 Å². The molecule has 10 heteroatoms. The number of ether oxygens (including phenoxy) is 4. The van der Waals surface area contributed by atoms with Crippen LogP contribution >= 0.6 is 0 Å². The van der Waals surface area contributed by atoms with Gasteiger partial charge in [-0.3, -0.25) is 9.59 Å². The molecule has 2 N–H and O–H groups in total. The minimum atomic E-state index is -0.502. The van der Waals surface area contributed by atoms with Crippen LogP contribution in [0.3, 0.4) is 0 Å². The number of carbonyl (C=O) groups is 4. The van der Waals surface area contributed by atoms with Crippen LogP contribution in [0.2, 0.25) is 0 Å². The fourth-order valence-corrected chi connectivity index (χ4v) is 7.96. The second-order valence-electron chi connectivity index (χ2n) is 14.7. The summed E-state index contributed by atoms with van der Waals surface area (Å²) in [6.07, 6.45) is 5.59. The molecule has 2 rings (SSSR count). The van der Waals surface area contributed by atoms with Crippen molar-refractivity contribution in [1.82, 2.24) is 10.6 Å². The fourth-order valence-electron chi connectivity index (χ4n) is 7.96. The minimum absolute atomic E-state index is 0.0601. The first-order chi connectivity index (χ1) is 19.0. The van der Waals surface area contributed by atoms with E-state index in [9.17, 15) is 19.2 Å². The van der Waals surface area contributed by atoms with Gasteiger partial charge in [-0.05, 0) is 72.0 Å². The largest absolute Gasteiger partial charge is 0.469 e. The predicted molar refractivity (Wildman–Crippen MR) is 155 cm³/mol. The van der Waals surface area contributed by atoms with Crippen molar-refractivity contribution < 1.29 is 38.1 Å². The molecule has 0 aromatic heterocycles. The summed E-state index contributed by atoms with van der Waals surface area (Å²) in [5.74, 6) is 0.0287. The van der Waals surface area contributed by atoms with E-state index in [0.29, 0.717) is 32.4 Å². The van der Waals surface area contributed by atoms with Crippen LogP contribution in [0.15, 0.2) is 0 Å². The first-order valence-corrected chi connectivity index (χ1v) is 14.9. The Morgan fingerprint density at radius 3 is 1.34 bits per heavy atom. The fraction of sp³-hybridized carbons (Fsp3) is 0.871. The van der Waals surface area contributed by atoms with E-state index in [2.05, 4.69) is 52.2 Å². The van der Waals surface area contributed by atoms with Crippen LogP contribution in [0.1, 0.15) is 99.3 Å². The van der Waals surface area contributed by atoms with Gasteiger partial charge in [-0.25, -0.2) is 9.59 Å². The molecular formula is C31H54N2O8. The van der Waals surface area contributed by atoms with Gasteiger partial charge in [0, 0.05) is 32.4 Å². The van der Waals surface area contributed by atoms with Gasteiger partial charge in [0.25, 0.3) is 0 Å². The quantitative estimate of drug-likeness (QED) is 0.172. The van der Waals surface area contributed by atoms with Gasteiger partial charge in [0.15, 0.2) is 0 Å². The molecule has 4 atom stereocenters. The monoisotopic (exact) mass is 582 g/mol. The standard InChI is InChI=1S/C31H54N2O8/c1-28(2)14-22(12-24(34)38-7)16-30(5,18-28)20-32-26(36)40-10-9-11-41-27(37)33-21-31(6)17-23(13-25(35)39-8)15-29(3,4)19-31/h22-23H,9-21H2,1-8H3,(H,32,36)(H,33,37). The van der Waals surface area contributed by atoms with Crippen molar-refractivity contribution in [3.05, 3.63) is 0 Å². The molecule has 2 aliphatic rings. The Morgan fingerprint density at radius 2 is 1.00 bits per heavy atom. The molecular weight excluding hydrogens is 528 g/mol. The zero-order valence-electron chi connectivity index (χ0n) is 26.6. The molecule has 2 fully saturated rings. The molecule has 0 heterocycles. The average Bonchev–Trinajstić information content (AvgIpc) is 2.83. The summed E-state index contributed by atoms with van der Waals surface area (Å²) >= 11 is 0. The Morgan fingerprint density at radius 1 is 0.634 bits per heavy atom. The molecule has 10 nitrogen and oxygen atoms in total. The molecule has 2 saturated carbocycles. The number of methoxy groups -OCH3 is 2. The minimum Gasteiger partial charge on any atom is -0.469 e. The Labute approximate surface area is 246 Å². The smallest absolute Gasteiger partial charge is 0.407 e. The van der Waals surface area contributed by atoms with Crippen LogP contribution in [0.5, 0.6) is 0 Å². The number of carbonyl (C=O) groups excluding carboxylic acids is 4. The molecule has 0 aliphatic heterocycles. The molecule has 2 amide bonds. The highest BCUT2D eigenvalue weighted by atomic mass is 16.6. The highest BCUT2D eigenvalue weighted by molar-refractivity contribution is 5.70. The molecule has 0 bridgehead atoms. The molecule has 0 aromatic carbocycles. The number of hydrogen-bond donors (Lipinski definition) is 2. The number of nitrogens with one attached hydrogen (secondary N) is 2. The van der Waals surface area contributed by atoms with E-state index in [1.54, 1.807) is 0 Å². The Balaban J connectivity index is 1.67. The Bertz CT molecular complexity index is 848. The Kier molecular flexibility index (Phi) is 12.3. The van der Waals surface area contributed by atoms with Crippen molar-refractivity contribution in [1.29, 1.82) is 0 Å². The average molecular weight is 583 g/mol. The van der Waals surface area contributed by atoms with E-state index in [4.69, 9.17) is 18.9 Å². The molecule has 4 unspecified atom stereocenters. The van der Waals surface area contributed by atoms with Crippen LogP contribution in [-0.4, -0.2) is 64.6 Å². The van der Waals surface area contributed by atoms with Crippen LogP contribution in [-0.2, 0) is 28.5 Å². The van der Waals surface area contributed by atoms with Crippen molar-refractivity contribution in [3.63, 3.8) is 0 Å². The van der Waals surface area contributed by atoms with E-state index in [-0.39, 0.29) is 58.6 Å². The van der Waals surface area contributed by atoms with Crippen molar-refractivity contribution in [2.24, 2.45) is 33.5 Å². The summed E-state index contributed by atoms with van der Waals surface area (Å²) in [4.78, 5) is 48.3. The number of alkyl carbamates (subject to hydrolysis) is 2. The van der Waals surface area contributed by atoms with Gasteiger partial charge >= 0.3 is 24.1 Å². The lowest BCUT2D eigenvalue weighted by Crippen LogP contribution is -2.44. The number of hydrogen-bond acceptors (Lipinski definition) is 8. The summed E-state index contributed by atoms with van der Waals surface area (Å²) in [6, 6.07) is 0. The van der Waals surface area contributed by atoms with Gasteiger partial charge in [0.2, 0.25) is 0 Å². The third kappa shape index (κ3) is 12.5. The van der Waals surface area contributed by atoms with E-state index < -0.39 is 12.2 Å². The van der Waals surface area contributed by atoms with Crippen molar-refractivity contribution in [3.8, 4) is 0 Å². The first-order valence-electron chi connectivity index (χ1n) is 14.9. The normalized spacial score (nSPS) is 28.6. The van der Waals surface area contributed by atoms with E-state index in [1.165, 1.54) is 14.2 Å². The molecule has 2 aliphatic carbocycles. The van der Waals surface area contributed by atoms with Gasteiger partial charge in [-0.15, -0.1) is 0 Å². The highest BCUT2D eigenvalue weighted by Crippen LogP contribution is 2.50. The maximum Gasteiger partial charge on any atom is 0.407 e. The van der Waals surface area contributed by atoms with Crippen molar-refractivity contribution in [2.45, 2.75) is 99.3 Å². The summed E-state index contributed by atoms with van der Waals surface area (Å²) in [5, 5.41) is 5.76. The third-order valence-corrected chi connectivity index (χ3v) is 8.50. The van der Waals surface area contributed by atoms with Gasteiger partial charge in [-0.2, -0.15) is 0 Å². The first kappa shape index (κ1) is 34.7. The summed E-state index contributed by atoms with van der Waals surface area (Å²) in [7, 11) is 2.82. The van der Waals surface area contributed by atoms with Crippen LogP contribution in [0, 0.1) is 33.5 Å². The molecule has 41 heavy (non-hydrogen) atoms. The number of amides is 2. The Hall–Kier alpha value is -2.52. The van der Waals surface area contributed by atoms with Crippen LogP contribution in [0.25, 0.3) is 0 Å². The maximum absolute atomic E-state index is 12.3. The van der Waals surface area contributed by atoms with Crippen LogP contribution in [0.4, 0.5) is 9.59 Å². The highest BCUT2D eigenvalue weighted by Gasteiger charge is 2.43. The predicted octanol–water partition coefficient (Wildman–Crippen LogP) is 5.62. The van der Waals surface area contributed by atoms with E-state index in [1.807, 2.05) is 0 Å². The zero-order valence-corrected chi connectivity index (χ0v) is 26.6. The van der Waals surface area contributed by atoms with Gasteiger partial charge in [0.05, 0.1) is 27.4 Å². The number of esters is 2. The second-order valence-corrected chi connectivity index (χ2v) is 14.7. The topological polar surface area (TPSA) is 129 Å². The summed E-state index contributed by atoms with van der Waals surface area (Å²) < 4.78 is 20.3. The lowest BCUT2D eigenvalue weighted by Gasteiger charge is -2.46. The summed E-state index contributed by atoms with van der Waals surface area (Å²) in [5.41, 5.74) is -0.177. The third-order valence-electron chi connectivity index (χ3n) is 8.50. The molecule has 0 saturated heterocycles. The second kappa shape index (κ2) is 14.6. The summed E-state index contributed by atoms with van der Waals surface area (Å²) in [6.45, 7) is 14.2. The number of rotatable bonds is 12. The SMILES string of the molecule is COC(=O)CC1CC(C)(C)CC(C)(CNC(=O)OCCCOC(=O)NCC2(C)CC(CC(=O)OC)CC(C)(C)C2)C1. The van der Waals surface area contributed by atoms with Gasteiger partial charge in [0.1, 0.15) is 0 Å². The van der Waals surface area contributed by atoms with Gasteiger partial charge in [-0.1, -0.05) is 41.5 Å². The van der Waals surface area contributed by atoms with E-state index in [0.717, 1.165) is 38.5 Å². The van der Waals surface area contributed by atoms with Crippen LogP contribution < -0.4 is 10.6 Å². The molecule has 0 spiro atoms. The molecule has 236 valence electrons. The van der Waals surface area contributed by atoms with E-state index >= 15 is 0 Å². The maximum atomic E-state index is 12.3. The lowest BCUT2D eigenvalue weighted by atomic mass is 9.60. The zero-order chi connectivity index (χ0) is 30.9. The van der Waals surface area contributed by atoms with Gasteiger partial charge < -0.3 is 29.6 Å². The van der Waals surface area contributed by atoms with Crippen molar-refractivity contribution >= 4 is 24.1 Å². The lowest BCUT2D eigenvalue weighted by molar-refractivity contribution is -0.143. The molecule has 0 aromatic rings.